The quantitative estimate of drug-likeness (QED) is 0.517. The van der Waals surface area contributed by atoms with Crippen LogP contribution in [0.25, 0.3) is 22.2 Å². The number of fused-ring (bicyclic) bond motifs is 5. The largest absolute Gasteiger partial charge is 0.506 e. The molecular weight excluding hydrogens is 382 g/mol. The summed E-state index contributed by atoms with van der Waals surface area (Å²) >= 11 is 0. The van der Waals surface area contributed by atoms with E-state index >= 15 is 0 Å². The molecule has 1 aliphatic carbocycles. The molecule has 2 heterocycles. The van der Waals surface area contributed by atoms with Crippen molar-refractivity contribution in [1.82, 2.24) is 14.9 Å². The molecule has 30 heavy (non-hydrogen) atoms. The van der Waals surface area contributed by atoms with Crippen LogP contribution < -0.4 is 10.9 Å². The van der Waals surface area contributed by atoms with Crippen molar-refractivity contribution in [3.05, 3.63) is 50.9 Å². The number of aromatic carboxylic acids is 1. The fourth-order valence-corrected chi connectivity index (χ4v) is 4.36. The number of hydrogen-bond acceptors (Lipinski definition) is 4. The van der Waals surface area contributed by atoms with Crippen LogP contribution >= 0.6 is 0 Å². The Hall–Kier alpha value is -3.06. The van der Waals surface area contributed by atoms with Crippen LogP contribution in [0, 0.1) is 0 Å². The molecule has 1 unspecified atom stereocenters. The summed E-state index contributed by atoms with van der Waals surface area (Å²) in [5, 5.41) is 24.5. The molecule has 0 spiro atoms. The smallest absolute Gasteiger partial charge is 0.345 e. The highest BCUT2D eigenvalue weighted by Gasteiger charge is 2.26. The van der Waals surface area contributed by atoms with Gasteiger partial charge in [0.1, 0.15) is 5.75 Å². The van der Waals surface area contributed by atoms with Crippen molar-refractivity contribution >= 4 is 16.9 Å². The Morgan fingerprint density at radius 1 is 1.30 bits per heavy atom. The van der Waals surface area contributed by atoms with E-state index in [4.69, 9.17) is 0 Å². The zero-order valence-electron chi connectivity index (χ0n) is 17.5. The molecule has 0 fully saturated rings. The van der Waals surface area contributed by atoms with E-state index in [2.05, 4.69) is 41.8 Å². The van der Waals surface area contributed by atoms with E-state index in [0.717, 1.165) is 47.8 Å². The number of rotatable bonds is 5. The summed E-state index contributed by atoms with van der Waals surface area (Å²) < 4.78 is 2.19. The van der Waals surface area contributed by atoms with Crippen LogP contribution in [0.5, 0.6) is 5.75 Å². The van der Waals surface area contributed by atoms with Gasteiger partial charge in [-0.25, -0.2) is 4.79 Å². The molecule has 7 nitrogen and oxygen atoms in total. The number of carbonyl (C=O) groups is 1. The van der Waals surface area contributed by atoms with Crippen molar-refractivity contribution < 1.29 is 15.0 Å². The molecule has 0 amide bonds. The van der Waals surface area contributed by atoms with Crippen molar-refractivity contribution in [2.24, 2.45) is 7.05 Å². The number of aromatic hydroxyl groups is 1. The zero-order chi connectivity index (χ0) is 21.6. The molecule has 4 N–H and O–H groups in total. The van der Waals surface area contributed by atoms with E-state index in [0.29, 0.717) is 23.7 Å². The summed E-state index contributed by atoms with van der Waals surface area (Å²) in [6.45, 7) is 5.09. The first-order valence-corrected chi connectivity index (χ1v) is 10.4. The monoisotopic (exact) mass is 409 g/mol. The molecule has 158 valence electrons. The first-order chi connectivity index (χ1) is 14.3. The number of hydrogen-bond donors (Lipinski definition) is 4. The van der Waals surface area contributed by atoms with E-state index in [1.54, 1.807) is 0 Å². The maximum Gasteiger partial charge on any atom is 0.345 e. The van der Waals surface area contributed by atoms with Gasteiger partial charge in [-0.3, -0.25) is 4.79 Å². The number of carboxylic acid groups (broad SMARTS) is 1. The molecule has 0 saturated carbocycles. The molecule has 4 rings (SSSR count). The normalized spacial score (nSPS) is 14.2. The first-order valence-electron chi connectivity index (χ1n) is 10.4. The number of benzene rings is 1. The topological polar surface area (TPSA) is 107 Å². The van der Waals surface area contributed by atoms with Crippen LogP contribution in [0.1, 0.15) is 53.9 Å². The van der Waals surface area contributed by atoms with Crippen LogP contribution in [0.15, 0.2) is 23.0 Å². The third-order valence-corrected chi connectivity index (χ3v) is 6.31. The lowest BCUT2D eigenvalue weighted by atomic mass is 9.97. The van der Waals surface area contributed by atoms with Gasteiger partial charge >= 0.3 is 5.97 Å². The highest BCUT2D eigenvalue weighted by atomic mass is 16.4. The third-order valence-electron chi connectivity index (χ3n) is 6.31. The maximum atomic E-state index is 12.4. The highest BCUT2D eigenvalue weighted by Crippen LogP contribution is 2.39. The Morgan fingerprint density at radius 3 is 2.73 bits per heavy atom. The highest BCUT2D eigenvalue weighted by molar-refractivity contribution is 5.94. The SMILES string of the molecule is CCC(C)NCc1cc2c3c(ccc2n1C)-c1[nH]c(=O)c(C(=O)O)c(O)c1CCC3. The first kappa shape index (κ1) is 20.2. The Bertz CT molecular complexity index is 1210. The lowest BCUT2D eigenvalue weighted by molar-refractivity contribution is 0.0691. The van der Waals surface area contributed by atoms with Gasteiger partial charge in [-0.15, -0.1) is 0 Å². The maximum absolute atomic E-state index is 12.4. The van der Waals surface area contributed by atoms with Gasteiger partial charge in [-0.1, -0.05) is 13.0 Å². The second-order valence-electron chi connectivity index (χ2n) is 8.10. The van der Waals surface area contributed by atoms with Crippen LogP contribution in [0.4, 0.5) is 0 Å². The summed E-state index contributed by atoms with van der Waals surface area (Å²) in [5.41, 5.74) is 3.93. The van der Waals surface area contributed by atoms with E-state index in [1.165, 1.54) is 5.69 Å². The number of aromatic amines is 1. The average molecular weight is 409 g/mol. The van der Waals surface area contributed by atoms with Gasteiger partial charge in [0.25, 0.3) is 5.56 Å². The molecule has 0 bridgehead atoms. The van der Waals surface area contributed by atoms with Crippen LogP contribution in [-0.2, 0) is 26.4 Å². The summed E-state index contributed by atoms with van der Waals surface area (Å²) in [6, 6.07) is 6.61. The van der Waals surface area contributed by atoms with Gasteiger partial charge in [-0.05, 0) is 50.3 Å². The van der Waals surface area contributed by atoms with Crippen molar-refractivity contribution in [3.8, 4) is 17.0 Å². The van der Waals surface area contributed by atoms with Crippen LogP contribution in [0.3, 0.4) is 0 Å². The number of pyridine rings is 1. The lowest BCUT2D eigenvalue weighted by Gasteiger charge is -2.13. The zero-order valence-corrected chi connectivity index (χ0v) is 17.5. The average Bonchev–Trinajstić information content (AvgIpc) is 2.90. The van der Waals surface area contributed by atoms with Crippen molar-refractivity contribution in [2.75, 3.05) is 0 Å². The summed E-state index contributed by atoms with van der Waals surface area (Å²) in [7, 11) is 2.06. The van der Waals surface area contributed by atoms with Crippen molar-refractivity contribution in [1.29, 1.82) is 0 Å². The molecule has 7 heteroatoms. The molecule has 1 aromatic carbocycles. The van der Waals surface area contributed by atoms with Gasteiger partial charge in [0.05, 0.1) is 5.69 Å². The van der Waals surface area contributed by atoms with E-state index in [9.17, 15) is 19.8 Å². The minimum Gasteiger partial charge on any atom is -0.506 e. The van der Waals surface area contributed by atoms with E-state index in [-0.39, 0.29) is 0 Å². The molecule has 1 aliphatic rings. The number of H-pyrrole nitrogens is 1. The minimum absolute atomic E-state index is 0.416. The van der Waals surface area contributed by atoms with E-state index < -0.39 is 22.8 Å². The fraction of sp³-hybridized carbons (Fsp3) is 0.391. The number of carboxylic acids is 1. The number of aryl methyl sites for hydroxylation is 2. The van der Waals surface area contributed by atoms with Crippen LogP contribution in [-0.4, -0.2) is 31.8 Å². The minimum atomic E-state index is -1.42. The summed E-state index contributed by atoms with van der Waals surface area (Å²) in [6.07, 6.45) is 3.11. The summed E-state index contributed by atoms with van der Waals surface area (Å²) in [5.74, 6) is -1.83. The standard InChI is InChI=1S/C23H27N3O4/c1-4-12(2)24-11-13-10-17-14-6-5-7-16-20(15(14)8-9-18(17)26(13)3)25-22(28)19(21(16)27)23(29)30/h8-10,12,24H,4-7,11H2,1-3H3,(H,29,30)(H2,25,27,28). The van der Waals surface area contributed by atoms with Gasteiger partial charge < -0.3 is 25.1 Å². The second kappa shape index (κ2) is 7.65. The lowest BCUT2D eigenvalue weighted by Crippen LogP contribution is -2.25. The van der Waals surface area contributed by atoms with Crippen LogP contribution in [0.2, 0.25) is 0 Å². The Balaban J connectivity index is 1.89. The molecule has 1 atom stereocenters. The molecule has 0 saturated heterocycles. The second-order valence-corrected chi connectivity index (χ2v) is 8.10. The molecule has 3 aromatic rings. The van der Waals surface area contributed by atoms with Gasteiger partial charge in [-0.2, -0.15) is 0 Å². The molecule has 0 radical (unpaired) electrons. The number of nitrogens with one attached hydrogen (secondary N) is 2. The number of aromatic nitrogens is 2. The number of nitrogens with zero attached hydrogens (tertiary/aromatic N) is 1. The Kier molecular flexibility index (Phi) is 5.15. The molecule has 2 aromatic heterocycles. The molecule has 0 aliphatic heterocycles. The van der Waals surface area contributed by atoms with Crippen molar-refractivity contribution in [3.63, 3.8) is 0 Å². The predicted octanol–water partition coefficient (Wildman–Crippen LogP) is 3.31. The van der Waals surface area contributed by atoms with Gasteiger partial charge in [0.15, 0.2) is 5.56 Å². The fourth-order valence-electron chi connectivity index (χ4n) is 4.36. The third kappa shape index (κ3) is 3.19. The van der Waals surface area contributed by atoms with Gasteiger partial charge in [0.2, 0.25) is 0 Å². The van der Waals surface area contributed by atoms with Gasteiger partial charge in [0, 0.05) is 47.4 Å². The summed E-state index contributed by atoms with van der Waals surface area (Å²) in [4.78, 5) is 26.5. The Morgan fingerprint density at radius 2 is 2.03 bits per heavy atom. The molecular formula is C23H27N3O4. The van der Waals surface area contributed by atoms with Crippen molar-refractivity contribution in [2.45, 2.75) is 52.1 Å². The van der Waals surface area contributed by atoms with E-state index in [1.807, 2.05) is 12.1 Å². The predicted molar refractivity (Wildman–Crippen MR) is 116 cm³/mol. The Labute approximate surface area is 174 Å².